The minimum Gasteiger partial charge on any atom is -0.497 e. The third-order valence-corrected chi connectivity index (χ3v) is 5.72. The van der Waals surface area contributed by atoms with Crippen LogP contribution in [-0.2, 0) is 4.79 Å². The number of ketones is 1. The lowest BCUT2D eigenvalue weighted by molar-refractivity contribution is -0.116. The Hall–Kier alpha value is -3.61. The average molecular weight is 416 g/mol. The molecule has 0 bridgehead atoms. The van der Waals surface area contributed by atoms with Crippen molar-refractivity contribution in [3.05, 3.63) is 65.4 Å². The van der Waals surface area contributed by atoms with E-state index in [1.807, 2.05) is 60.1 Å². The number of allylic oxidation sites excluding steroid dienone is 2. The van der Waals surface area contributed by atoms with E-state index in [2.05, 4.69) is 5.32 Å². The van der Waals surface area contributed by atoms with Gasteiger partial charge in [0.05, 0.1) is 13.7 Å². The summed E-state index contributed by atoms with van der Waals surface area (Å²) in [4.78, 5) is 17.7. The smallest absolute Gasteiger partial charge is 0.226 e. The molecule has 158 valence electrons. The fourth-order valence-electron chi connectivity index (χ4n) is 4.24. The predicted octanol–water partition coefficient (Wildman–Crippen LogP) is 4.37. The molecule has 1 atom stereocenters. The molecule has 0 fully saturated rings. The Labute approximate surface area is 180 Å². The number of benzene rings is 2. The normalized spacial score (nSPS) is 17.6. The fourth-order valence-corrected chi connectivity index (χ4v) is 4.24. The number of carbonyl (C=O) groups is 1. The van der Waals surface area contributed by atoms with Gasteiger partial charge in [0.25, 0.3) is 0 Å². The van der Waals surface area contributed by atoms with Crippen LogP contribution in [0.3, 0.4) is 0 Å². The van der Waals surface area contributed by atoms with Gasteiger partial charge >= 0.3 is 0 Å². The van der Waals surface area contributed by atoms with E-state index in [0.717, 1.165) is 46.7 Å². The van der Waals surface area contributed by atoms with Crippen molar-refractivity contribution >= 4 is 11.7 Å². The Bertz CT molecular complexity index is 1150. The van der Waals surface area contributed by atoms with E-state index in [1.54, 1.807) is 7.11 Å². The van der Waals surface area contributed by atoms with Gasteiger partial charge in [-0.1, -0.05) is 12.1 Å². The highest BCUT2D eigenvalue weighted by Crippen LogP contribution is 2.41. The lowest BCUT2D eigenvalue weighted by Gasteiger charge is -2.32. The average Bonchev–Trinajstić information content (AvgIpc) is 3.22. The molecule has 2 aromatic carbocycles. The van der Waals surface area contributed by atoms with Crippen LogP contribution in [0.1, 0.15) is 37.8 Å². The molecule has 0 radical (unpaired) electrons. The van der Waals surface area contributed by atoms with Crippen molar-refractivity contribution in [1.82, 2.24) is 14.8 Å². The van der Waals surface area contributed by atoms with Gasteiger partial charge < -0.3 is 14.8 Å². The summed E-state index contributed by atoms with van der Waals surface area (Å²) in [6.45, 7) is 2.58. The zero-order chi connectivity index (χ0) is 21.4. The minimum absolute atomic E-state index is 0.165. The molecule has 2 heterocycles. The van der Waals surface area contributed by atoms with Gasteiger partial charge in [-0.3, -0.25) is 4.79 Å². The van der Waals surface area contributed by atoms with Crippen LogP contribution in [0.4, 0.5) is 5.95 Å². The standard InChI is InChI=1S/C24H24N4O3/c1-3-31-18-13-9-16(10-14-18)23-26-24-25-19-5-4-6-20(29)21(19)22(28(24)27-23)15-7-11-17(30-2)12-8-15/h7-14,22H,3-6H2,1-2H3,(H,25,26,27). The van der Waals surface area contributed by atoms with E-state index in [4.69, 9.17) is 19.6 Å². The Morgan fingerprint density at radius 3 is 2.52 bits per heavy atom. The number of Topliss-reactive ketones (excluding diaryl/α,β-unsaturated/α-hetero) is 1. The molecule has 7 nitrogen and oxygen atoms in total. The summed E-state index contributed by atoms with van der Waals surface area (Å²) in [6.07, 6.45) is 2.24. The number of fused-ring (bicyclic) bond motifs is 1. The maximum Gasteiger partial charge on any atom is 0.226 e. The second-order valence-corrected chi connectivity index (χ2v) is 7.63. The molecule has 0 spiro atoms. The van der Waals surface area contributed by atoms with Crippen molar-refractivity contribution in [2.45, 2.75) is 32.2 Å². The highest BCUT2D eigenvalue weighted by Gasteiger charge is 2.36. The summed E-state index contributed by atoms with van der Waals surface area (Å²) in [6, 6.07) is 15.2. The maximum absolute atomic E-state index is 12.9. The van der Waals surface area contributed by atoms with Gasteiger partial charge in [0, 0.05) is 23.3 Å². The summed E-state index contributed by atoms with van der Waals surface area (Å²) >= 11 is 0. The molecule has 1 aromatic heterocycles. The second kappa shape index (κ2) is 7.91. The molecule has 7 heteroatoms. The van der Waals surface area contributed by atoms with Crippen molar-refractivity contribution in [2.75, 3.05) is 19.0 Å². The zero-order valence-corrected chi connectivity index (χ0v) is 17.6. The van der Waals surface area contributed by atoms with Gasteiger partial charge in [0.2, 0.25) is 5.95 Å². The molecule has 1 aliphatic carbocycles. The molecule has 5 rings (SSSR count). The van der Waals surface area contributed by atoms with Crippen LogP contribution in [0.2, 0.25) is 0 Å². The predicted molar refractivity (Wildman–Crippen MR) is 117 cm³/mol. The maximum atomic E-state index is 12.9. The largest absolute Gasteiger partial charge is 0.497 e. The van der Waals surface area contributed by atoms with E-state index in [1.165, 1.54) is 0 Å². The van der Waals surface area contributed by atoms with Crippen molar-refractivity contribution in [1.29, 1.82) is 0 Å². The molecule has 31 heavy (non-hydrogen) atoms. The van der Waals surface area contributed by atoms with E-state index in [0.29, 0.717) is 24.8 Å². The molecular weight excluding hydrogens is 392 g/mol. The van der Waals surface area contributed by atoms with Crippen LogP contribution in [0, 0.1) is 0 Å². The highest BCUT2D eigenvalue weighted by molar-refractivity contribution is 5.99. The van der Waals surface area contributed by atoms with E-state index in [9.17, 15) is 4.79 Å². The number of carbonyl (C=O) groups excluding carboxylic acids is 1. The van der Waals surface area contributed by atoms with E-state index in [-0.39, 0.29) is 11.8 Å². The lowest BCUT2D eigenvalue weighted by Crippen LogP contribution is -2.31. The quantitative estimate of drug-likeness (QED) is 0.665. The summed E-state index contributed by atoms with van der Waals surface area (Å²) in [7, 11) is 1.64. The van der Waals surface area contributed by atoms with Crippen LogP contribution < -0.4 is 14.8 Å². The number of rotatable bonds is 5. The van der Waals surface area contributed by atoms with Crippen LogP contribution in [0.15, 0.2) is 59.8 Å². The Kier molecular flexibility index (Phi) is 4.94. The SMILES string of the molecule is CCOc1ccc(-c2nc3n(n2)C(c2ccc(OC)cc2)C2=C(CCCC2=O)N3)cc1. The monoisotopic (exact) mass is 416 g/mol. The fraction of sp³-hybridized carbons (Fsp3) is 0.292. The third kappa shape index (κ3) is 3.46. The Morgan fingerprint density at radius 2 is 1.81 bits per heavy atom. The van der Waals surface area contributed by atoms with Crippen LogP contribution in [0.5, 0.6) is 11.5 Å². The number of anilines is 1. The zero-order valence-electron chi connectivity index (χ0n) is 17.6. The van der Waals surface area contributed by atoms with Crippen molar-refractivity contribution in [3.63, 3.8) is 0 Å². The summed E-state index contributed by atoms with van der Waals surface area (Å²) < 4.78 is 12.7. The summed E-state index contributed by atoms with van der Waals surface area (Å²) in [5, 5.41) is 8.18. The first-order chi connectivity index (χ1) is 15.2. The summed E-state index contributed by atoms with van der Waals surface area (Å²) in [5.41, 5.74) is 3.61. The Balaban J connectivity index is 1.59. The van der Waals surface area contributed by atoms with Crippen LogP contribution >= 0.6 is 0 Å². The first kappa shape index (κ1) is 19.4. The van der Waals surface area contributed by atoms with Crippen molar-refractivity contribution in [3.8, 4) is 22.9 Å². The molecule has 0 saturated heterocycles. The molecule has 1 unspecified atom stereocenters. The number of nitrogens with one attached hydrogen (secondary N) is 1. The third-order valence-electron chi connectivity index (χ3n) is 5.72. The number of ether oxygens (including phenoxy) is 2. The van der Waals surface area contributed by atoms with Gasteiger partial charge in [-0.15, -0.1) is 5.10 Å². The summed E-state index contributed by atoms with van der Waals surface area (Å²) in [5.74, 6) is 3.01. The molecule has 0 saturated carbocycles. The number of nitrogens with zero attached hydrogens (tertiary/aromatic N) is 3. The number of hydrogen-bond acceptors (Lipinski definition) is 6. The first-order valence-electron chi connectivity index (χ1n) is 10.5. The van der Waals surface area contributed by atoms with Crippen LogP contribution in [0.25, 0.3) is 11.4 Å². The first-order valence-corrected chi connectivity index (χ1v) is 10.5. The van der Waals surface area contributed by atoms with Gasteiger partial charge in [0.15, 0.2) is 11.6 Å². The van der Waals surface area contributed by atoms with Gasteiger partial charge in [-0.25, -0.2) is 4.68 Å². The number of aromatic nitrogens is 3. The topological polar surface area (TPSA) is 78.3 Å². The van der Waals surface area contributed by atoms with Gasteiger partial charge in [-0.05, 0) is 61.7 Å². The molecular formula is C24H24N4O3. The van der Waals surface area contributed by atoms with Crippen LogP contribution in [-0.4, -0.2) is 34.3 Å². The molecule has 2 aliphatic rings. The minimum atomic E-state index is -0.311. The second-order valence-electron chi connectivity index (χ2n) is 7.63. The lowest BCUT2D eigenvalue weighted by atomic mass is 9.85. The van der Waals surface area contributed by atoms with E-state index >= 15 is 0 Å². The van der Waals surface area contributed by atoms with E-state index < -0.39 is 0 Å². The Morgan fingerprint density at radius 1 is 1.06 bits per heavy atom. The number of hydrogen-bond donors (Lipinski definition) is 1. The van der Waals surface area contributed by atoms with Gasteiger partial charge in [0.1, 0.15) is 17.5 Å². The van der Waals surface area contributed by atoms with Crippen molar-refractivity contribution in [2.24, 2.45) is 0 Å². The highest BCUT2D eigenvalue weighted by atomic mass is 16.5. The molecule has 1 aliphatic heterocycles. The van der Waals surface area contributed by atoms with Crippen molar-refractivity contribution < 1.29 is 14.3 Å². The molecule has 1 N–H and O–H groups in total. The van der Waals surface area contributed by atoms with Gasteiger partial charge in [-0.2, -0.15) is 4.98 Å². The molecule has 0 amide bonds. The molecule has 3 aromatic rings. The number of methoxy groups -OCH3 is 1.